The first-order chi connectivity index (χ1) is 10.1. The zero-order chi connectivity index (χ0) is 14.8. The van der Waals surface area contributed by atoms with Gasteiger partial charge in [0.05, 0.1) is 0 Å². The number of hydrogen-bond acceptors (Lipinski definition) is 2. The highest BCUT2D eigenvalue weighted by Crippen LogP contribution is 2.32. The van der Waals surface area contributed by atoms with Crippen molar-refractivity contribution in [2.45, 2.75) is 64.2 Å². The van der Waals surface area contributed by atoms with E-state index in [9.17, 15) is 0 Å². The molecule has 1 aromatic carbocycles. The monoisotopic (exact) mass is 350 g/mol. The molecule has 2 fully saturated rings. The summed E-state index contributed by atoms with van der Waals surface area (Å²) in [4.78, 5) is 2.65. The average molecular weight is 351 g/mol. The lowest BCUT2D eigenvalue weighted by molar-refractivity contribution is 0.149. The number of piperidine rings is 1. The highest BCUT2D eigenvalue weighted by atomic mass is 79.9. The number of hydrogen-bond donors (Lipinski definition) is 1. The van der Waals surface area contributed by atoms with Crippen molar-refractivity contribution in [2.75, 3.05) is 6.54 Å². The topological polar surface area (TPSA) is 15.3 Å². The number of halogens is 1. The second kappa shape index (κ2) is 6.80. The standard InChI is InChI=1S/C18H27BrN2/c1-13(2)21(11-14-3-5-16(19)6-4-14)12-15-9-17-7-8-18(10-15)20-17/h3-6,13,15,17-18,20H,7-12H2,1-2H3. The SMILES string of the molecule is CC(C)N(Cc1ccc(Br)cc1)CC1CC2CCC(C1)N2. The molecule has 0 aromatic heterocycles. The predicted molar refractivity (Wildman–Crippen MR) is 92.4 cm³/mol. The van der Waals surface area contributed by atoms with Crippen molar-refractivity contribution in [3.8, 4) is 0 Å². The molecule has 2 unspecified atom stereocenters. The quantitative estimate of drug-likeness (QED) is 0.856. The van der Waals surface area contributed by atoms with Crippen LogP contribution in [0.25, 0.3) is 0 Å². The molecule has 2 bridgehead atoms. The third-order valence-corrected chi connectivity index (χ3v) is 5.62. The molecule has 2 nitrogen and oxygen atoms in total. The Morgan fingerprint density at radius 1 is 1.14 bits per heavy atom. The Bertz CT molecular complexity index is 445. The number of fused-ring (bicyclic) bond motifs is 2. The molecule has 21 heavy (non-hydrogen) atoms. The summed E-state index contributed by atoms with van der Waals surface area (Å²) in [5, 5.41) is 3.75. The van der Waals surface area contributed by atoms with Gasteiger partial charge in [0.1, 0.15) is 0 Å². The van der Waals surface area contributed by atoms with E-state index in [4.69, 9.17) is 0 Å². The van der Waals surface area contributed by atoms with E-state index in [1.54, 1.807) is 0 Å². The number of nitrogens with zero attached hydrogens (tertiary/aromatic N) is 1. The predicted octanol–water partition coefficient (Wildman–Crippen LogP) is 4.19. The number of rotatable bonds is 5. The van der Waals surface area contributed by atoms with Gasteiger partial charge in [0.15, 0.2) is 0 Å². The van der Waals surface area contributed by atoms with Gasteiger partial charge in [0.2, 0.25) is 0 Å². The molecule has 0 radical (unpaired) electrons. The highest BCUT2D eigenvalue weighted by molar-refractivity contribution is 9.10. The first kappa shape index (κ1) is 15.5. The molecule has 116 valence electrons. The summed E-state index contributed by atoms with van der Waals surface area (Å²) < 4.78 is 1.16. The summed E-state index contributed by atoms with van der Waals surface area (Å²) in [7, 11) is 0. The van der Waals surface area contributed by atoms with Crippen molar-refractivity contribution in [1.82, 2.24) is 10.2 Å². The van der Waals surface area contributed by atoms with E-state index >= 15 is 0 Å². The molecule has 2 saturated heterocycles. The molecule has 3 rings (SSSR count). The summed E-state index contributed by atoms with van der Waals surface area (Å²) in [5.41, 5.74) is 1.42. The van der Waals surface area contributed by atoms with Gasteiger partial charge in [0, 0.05) is 35.7 Å². The van der Waals surface area contributed by atoms with E-state index in [1.807, 2.05) is 0 Å². The van der Waals surface area contributed by atoms with Gasteiger partial charge in [-0.3, -0.25) is 4.90 Å². The molecule has 2 aliphatic rings. The maximum atomic E-state index is 3.75. The van der Waals surface area contributed by atoms with Gasteiger partial charge < -0.3 is 5.32 Å². The third-order valence-electron chi connectivity index (χ3n) is 5.09. The highest BCUT2D eigenvalue weighted by Gasteiger charge is 2.34. The van der Waals surface area contributed by atoms with E-state index in [2.05, 4.69) is 64.3 Å². The Labute approximate surface area is 137 Å². The van der Waals surface area contributed by atoms with Crippen molar-refractivity contribution in [1.29, 1.82) is 0 Å². The Morgan fingerprint density at radius 3 is 2.33 bits per heavy atom. The van der Waals surface area contributed by atoms with Gasteiger partial charge in [0.25, 0.3) is 0 Å². The summed E-state index contributed by atoms with van der Waals surface area (Å²) >= 11 is 3.52. The fraction of sp³-hybridized carbons (Fsp3) is 0.667. The molecule has 2 atom stereocenters. The maximum absolute atomic E-state index is 3.75. The lowest BCUT2D eigenvalue weighted by Gasteiger charge is -2.35. The van der Waals surface area contributed by atoms with E-state index in [-0.39, 0.29) is 0 Å². The van der Waals surface area contributed by atoms with Gasteiger partial charge in [-0.05, 0) is 63.1 Å². The second-order valence-corrected chi connectivity index (χ2v) is 8.04. The molecular formula is C18H27BrN2. The molecular weight excluding hydrogens is 324 g/mol. The molecule has 1 N–H and O–H groups in total. The van der Waals surface area contributed by atoms with Crippen LogP contribution in [-0.2, 0) is 6.54 Å². The third kappa shape index (κ3) is 4.08. The van der Waals surface area contributed by atoms with Crippen LogP contribution >= 0.6 is 15.9 Å². The normalized spacial score (nSPS) is 28.5. The molecule has 1 aromatic rings. The fourth-order valence-electron chi connectivity index (χ4n) is 3.94. The van der Waals surface area contributed by atoms with Crippen molar-refractivity contribution in [3.63, 3.8) is 0 Å². The van der Waals surface area contributed by atoms with Crippen LogP contribution < -0.4 is 5.32 Å². The Balaban J connectivity index is 1.60. The number of nitrogens with one attached hydrogen (secondary N) is 1. The first-order valence-corrected chi connectivity index (χ1v) is 9.14. The average Bonchev–Trinajstić information content (AvgIpc) is 2.79. The Kier molecular flexibility index (Phi) is 5.03. The van der Waals surface area contributed by atoms with E-state index in [1.165, 1.54) is 37.8 Å². The van der Waals surface area contributed by atoms with Crippen LogP contribution in [0.4, 0.5) is 0 Å². The molecule has 0 aliphatic carbocycles. The lowest BCUT2D eigenvalue weighted by Crippen LogP contribution is -2.43. The van der Waals surface area contributed by atoms with Crippen LogP contribution in [0, 0.1) is 5.92 Å². The first-order valence-electron chi connectivity index (χ1n) is 8.34. The Morgan fingerprint density at radius 2 is 1.76 bits per heavy atom. The molecule has 3 heteroatoms. The summed E-state index contributed by atoms with van der Waals surface area (Å²) in [6, 6.07) is 11.0. The summed E-state index contributed by atoms with van der Waals surface area (Å²) in [5.74, 6) is 0.876. The molecule has 2 aliphatic heterocycles. The van der Waals surface area contributed by atoms with E-state index in [0.29, 0.717) is 6.04 Å². The van der Waals surface area contributed by atoms with Crippen LogP contribution in [-0.4, -0.2) is 29.6 Å². The van der Waals surface area contributed by atoms with Gasteiger partial charge in [-0.1, -0.05) is 28.1 Å². The van der Waals surface area contributed by atoms with Crippen LogP contribution in [0.3, 0.4) is 0 Å². The van der Waals surface area contributed by atoms with Crippen LogP contribution in [0.1, 0.15) is 45.1 Å². The lowest BCUT2D eigenvalue weighted by atomic mass is 9.91. The van der Waals surface area contributed by atoms with Crippen LogP contribution in [0.2, 0.25) is 0 Å². The maximum Gasteiger partial charge on any atom is 0.0236 e. The van der Waals surface area contributed by atoms with Gasteiger partial charge in [-0.15, -0.1) is 0 Å². The van der Waals surface area contributed by atoms with Gasteiger partial charge in [-0.25, -0.2) is 0 Å². The minimum Gasteiger partial charge on any atom is -0.311 e. The van der Waals surface area contributed by atoms with Crippen molar-refractivity contribution >= 4 is 15.9 Å². The minimum atomic E-state index is 0.612. The van der Waals surface area contributed by atoms with E-state index in [0.717, 1.165) is 29.0 Å². The Hall–Kier alpha value is -0.380. The summed E-state index contributed by atoms with van der Waals surface area (Å²) in [6.45, 7) is 6.98. The molecule has 0 spiro atoms. The smallest absolute Gasteiger partial charge is 0.0236 e. The number of benzene rings is 1. The fourth-order valence-corrected chi connectivity index (χ4v) is 4.20. The van der Waals surface area contributed by atoms with Crippen molar-refractivity contribution in [3.05, 3.63) is 34.3 Å². The van der Waals surface area contributed by atoms with E-state index < -0.39 is 0 Å². The van der Waals surface area contributed by atoms with Crippen molar-refractivity contribution in [2.24, 2.45) is 5.92 Å². The van der Waals surface area contributed by atoms with Crippen molar-refractivity contribution < 1.29 is 0 Å². The zero-order valence-electron chi connectivity index (χ0n) is 13.2. The van der Waals surface area contributed by atoms with Crippen LogP contribution in [0.15, 0.2) is 28.7 Å². The largest absolute Gasteiger partial charge is 0.311 e. The van der Waals surface area contributed by atoms with Gasteiger partial charge in [-0.2, -0.15) is 0 Å². The van der Waals surface area contributed by atoms with Crippen LogP contribution in [0.5, 0.6) is 0 Å². The summed E-state index contributed by atoms with van der Waals surface area (Å²) in [6.07, 6.45) is 5.55. The molecule has 0 amide bonds. The second-order valence-electron chi connectivity index (χ2n) is 7.12. The minimum absolute atomic E-state index is 0.612. The molecule has 2 heterocycles. The molecule has 0 saturated carbocycles. The zero-order valence-corrected chi connectivity index (χ0v) is 14.8. The van der Waals surface area contributed by atoms with Gasteiger partial charge >= 0.3 is 0 Å².